The second-order valence-electron chi connectivity index (χ2n) is 2.30. The molecule has 0 unspecified atom stereocenters. The van der Waals surface area contributed by atoms with E-state index in [1.807, 2.05) is 0 Å². The van der Waals surface area contributed by atoms with Gasteiger partial charge in [0.1, 0.15) is 0 Å². The average Bonchev–Trinajstić information content (AvgIpc) is 2.02. The molecule has 0 N–H and O–H groups in total. The van der Waals surface area contributed by atoms with E-state index in [1.54, 1.807) is 0 Å². The van der Waals surface area contributed by atoms with Gasteiger partial charge in [0.05, 0.1) is 15.9 Å². The predicted molar refractivity (Wildman–Crippen MR) is 38.6 cm³/mol. The highest BCUT2D eigenvalue weighted by Crippen LogP contribution is 2.33. The highest BCUT2D eigenvalue weighted by Gasteiger charge is 2.15. The van der Waals surface area contributed by atoms with Gasteiger partial charge < -0.3 is 10.2 Å². The molecule has 0 fully saturated rings. The van der Waals surface area contributed by atoms with E-state index < -0.39 is 32.7 Å². The van der Waals surface area contributed by atoms with E-state index in [1.165, 1.54) is 0 Å². The fraction of sp³-hybridized carbons (Fsp3) is 0. The van der Waals surface area contributed by atoms with Gasteiger partial charge in [0, 0.05) is 0 Å². The van der Waals surface area contributed by atoms with Crippen molar-refractivity contribution in [2.24, 2.45) is 0 Å². The first-order chi connectivity index (χ1) is 6.43. The Morgan fingerprint density at radius 2 is 1.21 bits per heavy atom. The molecular weight excluding hydrogens is 196 g/mol. The quantitative estimate of drug-likeness (QED) is 0.471. The van der Waals surface area contributed by atoms with Gasteiger partial charge in [-0.2, -0.15) is 0 Å². The Morgan fingerprint density at radius 3 is 1.50 bits per heavy atom. The van der Waals surface area contributed by atoms with Gasteiger partial charge in [-0.05, 0) is 11.5 Å². The Bertz CT molecular complexity index is 380. The van der Waals surface area contributed by atoms with E-state index in [-0.39, 0.29) is 0 Å². The van der Waals surface area contributed by atoms with Crippen molar-refractivity contribution in [3.63, 3.8) is 0 Å². The Balaban J connectivity index is 3.42. The van der Waals surface area contributed by atoms with Gasteiger partial charge >= 0.3 is 0 Å². The van der Waals surface area contributed by atoms with Crippen LogP contribution in [0.1, 0.15) is 0 Å². The van der Waals surface area contributed by atoms with Crippen LogP contribution < -0.4 is 10.2 Å². The molecular formula is C6H2N2O6-2. The van der Waals surface area contributed by atoms with Crippen molar-refractivity contribution in [3.8, 4) is 11.5 Å². The van der Waals surface area contributed by atoms with Gasteiger partial charge in [-0.3, -0.25) is 20.2 Å². The number of hydrogen-bond donors (Lipinski definition) is 0. The van der Waals surface area contributed by atoms with Gasteiger partial charge in [-0.1, -0.05) is 6.07 Å². The minimum Gasteiger partial charge on any atom is -0.868 e. The highest BCUT2D eigenvalue weighted by atomic mass is 16.6. The van der Waals surface area contributed by atoms with Crippen molar-refractivity contribution >= 4 is 11.4 Å². The topological polar surface area (TPSA) is 132 Å². The monoisotopic (exact) mass is 198 g/mol. The average molecular weight is 198 g/mol. The van der Waals surface area contributed by atoms with Gasteiger partial charge in [0.25, 0.3) is 11.4 Å². The molecule has 0 aliphatic rings. The molecule has 0 aliphatic carbocycles. The van der Waals surface area contributed by atoms with Crippen LogP contribution in [0.3, 0.4) is 0 Å². The van der Waals surface area contributed by atoms with Gasteiger partial charge in [-0.15, -0.1) is 0 Å². The lowest BCUT2D eigenvalue weighted by Crippen LogP contribution is -2.03. The zero-order valence-corrected chi connectivity index (χ0v) is 6.50. The molecule has 0 spiro atoms. The van der Waals surface area contributed by atoms with E-state index in [2.05, 4.69) is 0 Å². The molecule has 14 heavy (non-hydrogen) atoms. The van der Waals surface area contributed by atoms with E-state index in [0.717, 1.165) is 0 Å². The van der Waals surface area contributed by atoms with Crippen LogP contribution in [0.5, 0.6) is 11.5 Å². The fourth-order valence-corrected chi connectivity index (χ4v) is 0.824. The summed E-state index contributed by atoms with van der Waals surface area (Å²) in [5, 5.41) is 42.0. The predicted octanol–water partition coefficient (Wildman–Crippen LogP) is -0.350. The van der Waals surface area contributed by atoms with Crippen LogP contribution in [-0.2, 0) is 0 Å². The second kappa shape index (κ2) is 3.17. The SMILES string of the molecule is O=[N+]([O-])c1cc([N+](=O)[O-])c([O-])cc1[O-]. The van der Waals surface area contributed by atoms with Crippen LogP contribution in [0.25, 0.3) is 0 Å². The number of rotatable bonds is 2. The molecule has 1 aromatic rings. The molecule has 0 radical (unpaired) electrons. The normalized spacial score (nSPS) is 9.71. The zero-order chi connectivity index (χ0) is 10.9. The number of benzene rings is 1. The lowest BCUT2D eigenvalue weighted by Gasteiger charge is -2.11. The maximum Gasteiger partial charge on any atom is 0.268 e. The molecule has 0 saturated heterocycles. The zero-order valence-electron chi connectivity index (χ0n) is 6.50. The van der Waals surface area contributed by atoms with Gasteiger partial charge in [-0.25, -0.2) is 0 Å². The highest BCUT2D eigenvalue weighted by molar-refractivity contribution is 5.59. The van der Waals surface area contributed by atoms with Crippen LogP contribution in [0.4, 0.5) is 11.4 Å². The van der Waals surface area contributed by atoms with Crippen LogP contribution in [0.2, 0.25) is 0 Å². The molecule has 0 heterocycles. The van der Waals surface area contributed by atoms with Crippen LogP contribution in [0, 0.1) is 20.2 Å². The van der Waals surface area contributed by atoms with Crippen molar-refractivity contribution in [1.29, 1.82) is 0 Å². The summed E-state index contributed by atoms with van der Waals surface area (Å²) in [4.78, 5) is 18.2. The Labute approximate surface area is 76.3 Å². The number of hydrogen-bond acceptors (Lipinski definition) is 6. The van der Waals surface area contributed by atoms with E-state index in [9.17, 15) is 30.4 Å². The fourth-order valence-electron chi connectivity index (χ4n) is 0.824. The van der Waals surface area contributed by atoms with Crippen molar-refractivity contribution < 1.29 is 20.1 Å². The maximum absolute atomic E-state index is 10.8. The minimum absolute atomic E-state index is 0.330. The van der Waals surface area contributed by atoms with E-state index in [4.69, 9.17) is 0 Å². The van der Waals surface area contributed by atoms with Gasteiger partial charge in [0.2, 0.25) is 0 Å². The lowest BCUT2D eigenvalue weighted by molar-refractivity contribution is -0.409. The second-order valence-corrected chi connectivity index (χ2v) is 2.30. The molecule has 1 aromatic carbocycles. The summed E-state index contributed by atoms with van der Waals surface area (Å²) < 4.78 is 0. The first kappa shape index (κ1) is 9.71. The standard InChI is InChI=1S/C6H4N2O6/c9-5-2-6(10)4(8(13)14)1-3(5)7(11)12/h1-2,9-10H/p-2. The number of nitro benzene ring substituents is 2. The van der Waals surface area contributed by atoms with Crippen molar-refractivity contribution in [2.75, 3.05) is 0 Å². The molecule has 0 aliphatic heterocycles. The summed E-state index contributed by atoms with van der Waals surface area (Å²) in [5.41, 5.74) is -1.95. The summed E-state index contributed by atoms with van der Waals surface area (Å²) >= 11 is 0. The van der Waals surface area contributed by atoms with Gasteiger partial charge in [0.15, 0.2) is 0 Å². The van der Waals surface area contributed by atoms with Crippen LogP contribution in [-0.4, -0.2) is 9.85 Å². The van der Waals surface area contributed by atoms with Crippen LogP contribution in [0.15, 0.2) is 12.1 Å². The number of nitro groups is 2. The molecule has 1 rings (SSSR count). The third-order valence-electron chi connectivity index (χ3n) is 1.43. The third-order valence-corrected chi connectivity index (χ3v) is 1.43. The lowest BCUT2D eigenvalue weighted by atomic mass is 10.2. The Morgan fingerprint density at radius 1 is 0.857 bits per heavy atom. The largest absolute Gasteiger partial charge is 0.868 e. The summed E-state index contributed by atoms with van der Waals surface area (Å²) in [5.74, 6) is -2.27. The first-order valence-electron chi connectivity index (χ1n) is 3.24. The smallest absolute Gasteiger partial charge is 0.268 e. The third kappa shape index (κ3) is 1.53. The van der Waals surface area contributed by atoms with Crippen LogP contribution >= 0.6 is 0 Å². The molecule has 0 bridgehead atoms. The van der Waals surface area contributed by atoms with E-state index in [0.29, 0.717) is 12.1 Å². The van der Waals surface area contributed by atoms with E-state index >= 15 is 0 Å². The molecule has 8 heteroatoms. The molecule has 0 saturated carbocycles. The molecule has 74 valence electrons. The summed E-state index contributed by atoms with van der Waals surface area (Å²) in [7, 11) is 0. The Hall–Kier alpha value is -2.38. The maximum atomic E-state index is 10.8. The summed E-state index contributed by atoms with van der Waals surface area (Å²) in [6.07, 6.45) is 0. The first-order valence-corrected chi connectivity index (χ1v) is 3.24. The van der Waals surface area contributed by atoms with Crippen molar-refractivity contribution in [1.82, 2.24) is 0 Å². The molecule has 0 aromatic heterocycles. The van der Waals surface area contributed by atoms with Crippen molar-refractivity contribution in [2.45, 2.75) is 0 Å². The summed E-state index contributed by atoms with van der Waals surface area (Å²) in [6.45, 7) is 0. The van der Waals surface area contributed by atoms with Crippen molar-refractivity contribution in [3.05, 3.63) is 32.4 Å². The molecule has 8 nitrogen and oxygen atoms in total. The number of nitrogens with zero attached hydrogens (tertiary/aromatic N) is 2. The Kier molecular flexibility index (Phi) is 2.19. The molecule has 0 amide bonds. The minimum atomic E-state index is -1.13. The molecule has 0 atom stereocenters. The summed E-state index contributed by atoms with van der Waals surface area (Å²) in [6, 6.07) is 0.695.